The van der Waals surface area contributed by atoms with E-state index in [9.17, 15) is 14.4 Å². The van der Waals surface area contributed by atoms with Gasteiger partial charge in [-0.25, -0.2) is 4.79 Å². The predicted molar refractivity (Wildman–Crippen MR) is 92.1 cm³/mol. The summed E-state index contributed by atoms with van der Waals surface area (Å²) in [6.45, 7) is 3.73. The summed E-state index contributed by atoms with van der Waals surface area (Å²) in [6, 6.07) is 6.78. The van der Waals surface area contributed by atoms with Crippen molar-refractivity contribution < 1.29 is 24.2 Å². The minimum absolute atomic E-state index is 0.0116. The van der Waals surface area contributed by atoms with Crippen LogP contribution in [0.4, 0.5) is 10.5 Å². The molecule has 0 aromatic heterocycles. The zero-order chi connectivity index (χ0) is 18.4. The summed E-state index contributed by atoms with van der Waals surface area (Å²) >= 11 is 0. The molecule has 2 rings (SSSR count). The molecule has 0 bridgehead atoms. The van der Waals surface area contributed by atoms with Crippen molar-refractivity contribution in [3.8, 4) is 0 Å². The number of anilines is 1. The van der Waals surface area contributed by atoms with E-state index in [2.05, 4.69) is 15.4 Å². The Balaban J connectivity index is 1.90. The minimum Gasteiger partial charge on any atom is -0.450 e. The molecule has 1 fully saturated rings. The van der Waals surface area contributed by atoms with Crippen LogP contribution in [0.25, 0.3) is 0 Å². The van der Waals surface area contributed by atoms with Gasteiger partial charge in [0, 0.05) is 12.1 Å². The summed E-state index contributed by atoms with van der Waals surface area (Å²) in [5, 5.41) is 14.3. The normalized spacial score (nSPS) is 15.8. The molecule has 1 saturated carbocycles. The van der Waals surface area contributed by atoms with Gasteiger partial charge in [0.25, 0.3) is 0 Å². The number of amides is 2. The second-order valence-electron chi connectivity index (χ2n) is 6.42. The van der Waals surface area contributed by atoms with Gasteiger partial charge in [-0.2, -0.15) is 0 Å². The van der Waals surface area contributed by atoms with E-state index >= 15 is 0 Å². The fourth-order valence-corrected chi connectivity index (χ4v) is 2.70. The zero-order valence-electron chi connectivity index (χ0n) is 14.5. The van der Waals surface area contributed by atoms with Crippen molar-refractivity contribution in [1.82, 2.24) is 5.32 Å². The van der Waals surface area contributed by atoms with Gasteiger partial charge >= 0.3 is 6.16 Å². The molecule has 1 aliphatic carbocycles. The summed E-state index contributed by atoms with van der Waals surface area (Å²) in [7, 11) is 0. The Kier molecular flexibility index (Phi) is 6.01. The average molecular weight is 348 g/mol. The zero-order valence-corrected chi connectivity index (χ0v) is 14.5. The highest BCUT2D eigenvalue weighted by Gasteiger charge is 2.51. The third kappa shape index (κ3) is 5.20. The lowest BCUT2D eigenvalue weighted by molar-refractivity contribution is -0.124. The van der Waals surface area contributed by atoms with E-state index < -0.39 is 11.7 Å². The first-order valence-electron chi connectivity index (χ1n) is 8.43. The number of carboxylic acid groups (broad SMARTS) is 1. The molecule has 0 aliphatic heterocycles. The molecule has 0 saturated heterocycles. The second kappa shape index (κ2) is 8.00. The van der Waals surface area contributed by atoms with E-state index in [1.54, 1.807) is 24.3 Å². The topological polar surface area (TPSA) is 105 Å². The Morgan fingerprint density at radius 2 is 1.88 bits per heavy atom. The van der Waals surface area contributed by atoms with Crippen LogP contribution in [0.15, 0.2) is 24.3 Å². The van der Waals surface area contributed by atoms with Gasteiger partial charge in [0.05, 0.1) is 11.5 Å². The van der Waals surface area contributed by atoms with Gasteiger partial charge < -0.3 is 20.5 Å². The van der Waals surface area contributed by atoms with Crippen LogP contribution in [0.2, 0.25) is 0 Å². The van der Waals surface area contributed by atoms with Crippen molar-refractivity contribution in [2.75, 3.05) is 5.32 Å². The fourth-order valence-electron chi connectivity index (χ4n) is 2.70. The smallest absolute Gasteiger partial charge is 0.450 e. The lowest BCUT2D eigenvalue weighted by atomic mass is 9.97. The molecule has 25 heavy (non-hydrogen) atoms. The Morgan fingerprint density at radius 3 is 2.40 bits per heavy atom. The molecule has 0 spiro atoms. The molecule has 7 nitrogen and oxygen atoms in total. The summed E-state index contributed by atoms with van der Waals surface area (Å²) < 4.78 is 4.49. The van der Waals surface area contributed by atoms with E-state index in [4.69, 9.17) is 5.11 Å². The largest absolute Gasteiger partial charge is 0.506 e. The Morgan fingerprint density at radius 1 is 1.24 bits per heavy atom. The van der Waals surface area contributed by atoms with Gasteiger partial charge in [0.15, 0.2) is 0 Å². The van der Waals surface area contributed by atoms with Gasteiger partial charge in [0.2, 0.25) is 11.8 Å². The standard InChI is InChI=1S/C18H24N2O5/c1-3-4-15(21)20-18(9-10-18)12(2)16(22)19-14-7-5-13(6-8-14)11-25-17(23)24/h5-8,12H,3-4,9-11H2,1-2H3,(H,19,22)(H,20,21)(H,23,24). The number of benzene rings is 1. The van der Waals surface area contributed by atoms with E-state index in [0.29, 0.717) is 17.7 Å². The van der Waals surface area contributed by atoms with Crippen LogP contribution in [0.1, 0.15) is 45.1 Å². The van der Waals surface area contributed by atoms with Crippen molar-refractivity contribution in [3.05, 3.63) is 29.8 Å². The van der Waals surface area contributed by atoms with Gasteiger partial charge in [-0.05, 0) is 37.0 Å². The fraction of sp³-hybridized carbons (Fsp3) is 0.500. The molecule has 0 heterocycles. The van der Waals surface area contributed by atoms with Crippen LogP contribution in [-0.4, -0.2) is 28.6 Å². The number of rotatable bonds is 8. The highest BCUT2D eigenvalue weighted by Crippen LogP contribution is 2.42. The first-order chi connectivity index (χ1) is 11.9. The Labute approximate surface area is 146 Å². The molecule has 1 aliphatic rings. The Hall–Kier alpha value is -2.57. The molecule has 3 N–H and O–H groups in total. The molecule has 1 aromatic carbocycles. The third-order valence-electron chi connectivity index (χ3n) is 4.46. The number of carbonyl (C=O) groups is 3. The first-order valence-corrected chi connectivity index (χ1v) is 8.43. The SMILES string of the molecule is CCCC(=O)NC1(C(C)C(=O)Nc2ccc(COC(=O)O)cc2)CC1. The maximum atomic E-state index is 12.5. The highest BCUT2D eigenvalue weighted by molar-refractivity contribution is 5.94. The van der Waals surface area contributed by atoms with Gasteiger partial charge in [0.1, 0.15) is 6.61 Å². The van der Waals surface area contributed by atoms with Crippen molar-refractivity contribution in [3.63, 3.8) is 0 Å². The van der Waals surface area contributed by atoms with Gasteiger partial charge in [-0.15, -0.1) is 0 Å². The molecule has 1 aromatic rings. The summed E-state index contributed by atoms with van der Waals surface area (Å²) in [5.41, 5.74) is 0.886. The highest BCUT2D eigenvalue weighted by atomic mass is 16.7. The molecule has 1 unspecified atom stereocenters. The number of hydrogen-bond acceptors (Lipinski definition) is 4. The summed E-state index contributed by atoms with van der Waals surface area (Å²) in [6.07, 6.45) is 1.53. The number of hydrogen-bond donors (Lipinski definition) is 3. The van der Waals surface area contributed by atoms with Crippen LogP contribution < -0.4 is 10.6 Å². The third-order valence-corrected chi connectivity index (χ3v) is 4.46. The van der Waals surface area contributed by atoms with E-state index in [0.717, 1.165) is 19.3 Å². The molecular weight excluding hydrogens is 324 g/mol. The summed E-state index contributed by atoms with van der Waals surface area (Å²) in [4.78, 5) is 34.7. The van der Waals surface area contributed by atoms with Crippen LogP contribution >= 0.6 is 0 Å². The van der Waals surface area contributed by atoms with Crippen LogP contribution in [-0.2, 0) is 20.9 Å². The molecule has 136 valence electrons. The van der Waals surface area contributed by atoms with E-state index in [1.807, 2.05) is 13.8 Å². The number of nitrogens with one attached hydrogen (secondary N) is 2. The molecule has 7 heteroatoms. The summed E-state index contributed by atoms with van der Waals surface area (Å²) in [5.74, 6) is -0.491. The maximum absolute atomic E-state index is 12.5. The van der Waals surface area contributed by atoms with Crippen LogP contribution in [0.3, 0.4) is 0 Å². The minimum atomic E-state index is -1.33. The predicted octanol–water partition coefficient (Wildman–Crippen LogP) is 2.90. The monoisotopic (exact) mass is 348 g/mol. The average Bonchev–Trinajstić information content (AvgIpc) is 3.34. The van der Waals surface area contributed by atoms with Crippen molar-refractivity contribution in [2.24, 2.45) is 5.92 Å². The molecule has 0 radical (unpaired) electrons. The van der Waals surface area contributed by atoms with E-state index in [-0.39, 0.29) is 24.3 Å². The van der Waals surface area contributed by atoms with Crippen molar-refractivity contribution in [1.29, 1.82) is 0 Å². The number of ether oxygens (including phenoxy) is 1. The lowest BCUT2D eigenvalue weighted by Crippen LogP contribution is -2.46. The van der Waals surface area contributed by atoms with Crippen LogP contribution in [0.5, 0.6) is 0 Å². The molecule has 1 atom stereocenters. The lowest BCUT2D eigenvalue weighted by Gasteiger charge is -2.24. The van der Waals surface area contributed by atoms with Crippen molar-refractivity contribution in [2.45, 2.75) is 51.7 Å². The quantitative estimate of drug-likeness (QED) is 0.627. The van der Waals surface area contributed by atoms with Crippen molar-refractivity contribution >= 4 is 23.7 Å². The second-order valence-corrected chi connectivity index (χ2v) is 6.42. The van der Waals surface area contributed by atoms with Gasteiger partial charge in [-0.3, -0.25) is 9.59 Å². The van der Waals surface area contributed by atoms with E-state index in [1.165, 1.54) is 0 Å². The van der Waals surface area contributed by atoms with Gasteiger partial charge in [-0.1, -0.05) is 26.0 Å². The van der Waals surface area contributed by atoms with Crippen LogP contribution in [0, 0.1) is 5.92 Å². The first kappa shape index (κ1) is 18.8. The maximum Gasteiger partial charge on any atom is 0.506 e. The Bertz CT molecular complexity index is 637. The molecule has 2 amide bonds. The molecular formula is C18H24N2O5. The number of carbonyl (C=O) groups excluding carboxylic acids is 2.